The van der Waals surface area contributed by atoms with Crippen LogP contribution in [0.1, 0.15) is 26.3 Å². The Morgan fingerprint density at radius 3 is 2.37 bits per heavy atom. The molecular formula is C21H17N3O3. The van der Waals surface area contributed by atoms with E-state index in [2.05, 4.69) is 15.8 Å². The van der Waals surface area contributed by atoms with Crippen molar-refractivity contribution < 1.29 is 14.7 Å². The number of carbonyl (C=O) groups is 2. The fourth-order valence-electron chi connectivity index (χ4n) is 2.40. The molecule has 134 valence electrons. The Morgan fingerprint density at radius 2 is 1.59 bits per heavy atom. The van der Waals surface area contributed by atoms with Gasteiger partial charge in [-0.25, -0.2) is 5.43 Å². The summed E-state index contributed by atoms with van der Waals surface area (Å²) in [4.78, 5) is 24.7. The molecule has 0 saturated heterocycles. The molecule has 3 N–H and O–H groups in total. The van der Waals surface area contributed by atoms with E-state index in [0.717, 1.165) is 0 Å². The number of rotatable bonds is 5. The number of phenolic OH excluding ortho intramolecular Hbond substituents is 1. The monoisotopic (exact) mass is 359 g/mol. The molecular weight excluding hydrogens is 342 g/mol. The van der Waals surface area contributed by atoms with E-state index < -0.39 is 5.91 Å². The zero-order valence-corrected chi connectivity index (χ0v) is 14.3. The summed E-state index contributed by atoms with van der Waals surface area (Å²) in [7, 11) is 0. The van der Waals surface area contributed by atoms with Crippen LogP contribution in [0.4, 0.5) is 5.69 Å². The fraction of sp³-hybridized carbons (Fsp3) is 0. The number of hydrogen-bond donors (Lipinski definition) is 3. The largest absolute Gasteiger partial charge is 0.508 e. The second kappa shape index (κ2) is 8.44. The van der Waals surface area contributed by atoms with Gasteiger partial charge in [0.25, 0.3) is 11.8 Å². The highest BCUT2D eigenvalue weighted by molar-refractivity contribution is 6.09. The van der Waals surface area contributed by atoms with Crippen LogP contribution in [0.2, 0.25) is 0 Å². The number of para-hydroxylation sites is 1. The summed E-state index contributed by atoms with van der Waals surface area (Å²) < 4.78 is 0. The molecule has 0 aliphatic carbocycles. The number of carbonyl (C=O) groups excluding carboxylic acids is 2. The molecule has 0 unspecified atom stereocenters. The molecule has 6 heteroatoms. The van der Waals surface area contributed by atoms with E-state index in [-0.39, 0.29) is 17.2 Å². The molecule has 27 heavy (non-hydrogen) atoms. The van der Waals surface area contributed by atoms with Crippen molar-refractivity contribution in [2.24, 2.45) is 5.10 Å². The summed E-state index contributed by atoms with van der Waals surface area (Å²) >= 11 is 0. The first-order valence-corrected chi connectivity index (χ1v) is 8.21. The average Bonchev–Trinajstić information content (AvgIpc) is 2.69. The Kier molecular flexibility index (Phi) is 5.59. The zero-order chi connectivity index (χ0) is 19.1. The zero-order valence-electron chi connectivity index (χ0n) is 14.3. The first-order chi connectivity index (χ1) is 13.1. The van der Waals surface area contributed by atoms with E-state index >= 15 is 0 Å². The Bertz CT molecular complexity index is 985. The van der Waals surface area contributed by atoms with Gasteiger partial charge in [0.15, 0.2) is 0 Å². The average molecular weight is 359 g/mol. The first kappa shape index (κ1) is 17.9. The summed E-state index contributed by atoms with van der Waals surface area (Å²) in [5.74, 6) is -0.659. The molecule has 0 heterocycles. The van der Waals surface area contributed by atoms with Gasteiger partial charge in [-0.1, -0.05) is 42.5 Å². The van der Waals surface area contributed by atoms with Gasteiger partial charge in [0.2, 0.25) is 0 Å². The highest BCUT2D eigenvalue weighted by Gasteiger charge is 2.13. The molecule has 3 aromatic carbocycles. The number of hydrogen-bond acceptors (Lipinski definition) is 4. The van der Waals surface area contributed by atoms with E-state index in [1.807, 2.05) is 6.07 Å². The SMILES string of the molecule is O=C(Nc1ccccc1C(=O)N/N=C/c1cccc(O)c1)c1ccccc1. The molecule has 0 bridgehead atoms. The number of nitrogens with one attached hydrogen (secondary N) is 2. The van der Waals surface area contributed by atoms with Crippen molar-refractivity contribution in [2.75, 3.05) is 5.32 Å². The van der Waals surface area contributed by atoms with Crippen LogP contribution in [0, 0.1) is 0 Å². The van der Waals surface area contributed by atoms with Gasteiger partial charge in [-0.2, -0.15) is 5.10 Å². The topological polar surface area (TPSA) is 90.8 Å². The highest BCUT2D eigenvalue weighted by atomic mass is 16.3. The molecule has 3 rings (SSSR count). The lowest BCUT2D eigenvalue weighted by Crippen LogP contribution is -2.21. The van der Waals surface area contributed by atoms with E-state index in [1.165, 1.54) is 12.3 Å². The standard InChI is InChI=1S/C21H17N3O3/c25-17-10-6-7-15(13-17)14-22-24-21(27)18-11-4-5-12-19(18)23-20(26)16-8-2-1-3-9-16/h1-14,25H,(H,23,26)(H,24,27)/b22-14+. The molecule has 6 nitrogen and oxygen atoms in total. The maximum Gasteiger partial charge on any atom is 0.273 e. The van der Waals surface area contributed by atoms with Gasteiger partial charge in [0, 0.05) is 5.56 Å². The van der Waals surface area contributed by atoms with Gasteiger partial charge in [-0.15, -0.1) is 0 Å². The highest BCUT2D eigenvalue weighted by Crippen LogP contribution is 2.16. The molecule has 0 aromatic heterocycles. The third-order valence-corrected chi connectivity index (χ3v) is 3.71. The summed E-state index contributed by atoms with van der Waals surface area (Å²) in [5, 5.41) is 16.1. The van der Waals surface area contributed by atoms with Crippen molar-refractivity contribution in [3.63, 3.8) is 0 Å². The lowest BCUT2D eigenvalue weighted by Gasteiger charge is -2.10. The van der Waals surface area contributed by atoms with E-state index in [4.69, 9.17) is 0 Å². The Morgan fingerprint density at radius 1 is 0.852 bits per heavy atom. The third-order valence-electron chi connectivity index (χ3n) is 3.71. The number of phenols is 1. The van der Waals surface area contributed by atoms with Crippen LogP contribution in [0.5, 0.6) is 5.75 Å². The molecule has 3 aromatic rings. The van der Waals surface area contributed by atoms with Crippen molar-refractivity contribution in [1.29, 1.82) is 0 Å². The molecule has 0 atom stereocenters. The quantitative estimate of drug-likeness (QED) is 0.482. The van der Waals surface area contributed by atoms with Crippen LogP contribution < -0.4 is 10.7 Å². The molecule has 0 saturated carbocycles. The van der Waals surface area contributed by atoms with Gasteiger partial charge < -0.3 is 10.4 Å². The van der Waals surface area contributed by atoms with Crippen LogP contribution in [-0.2, 0) is 0 Å². The maximum atomic E-state index is 12.4. The van der Waals surface area contributed by atoms with Crippen molar-refractivity contribution in [2.45, 2.75) is 0 Å². The molecule has 0 fully saturated rings. The van der Waals surface area contributed by atoms with Gasteiger partial charge >= 0.3 is 0 Å². The van der Waals surface area contributed by atoms with Gasteiger partial charge in [0.05, 0.1) is 17.5 Å². The first-order valence-electron chi connectivity index (χ1n) is 8.21. The van der Waals surface area contributed by atoms with Crippen molar-refractivity contribution in [1.82, 2.24) is 5.43 Å². The second-order valence-corrected chi connectivity index (χ2v) is 5.66. The maximum absolute atomic E-state index is 12.4. The normalized spacial score (nSPS) is 10.5. The fourth-order valence-corrected chi connectivity index (χ4v) is 2.40. The predicted molar refractivity (Wildman–Crippen MR) is 104 cm³/mol. The molecule has 0 spiro atoms. The number of anilines is 1. The Hall–Kier alpha value is -3.93. The number of benzene rings is 3. The Labute approximate surface area is 156 Å². The lowest BCUT2D eigenvalue weighted by molar-refractivity contribution is 0.0956. The summed E-state index contributed by atoms with van der Waals surface area (Å²) in [6.45, 7) is 0. The minimum atomic E-state index is -0.463. The van der Waals surface area contributed by atoms with E-state index in [0.29, 0.717) is 16.8 Å². The number of nitrogens with zero attached hydrogens (tertiary/aromatic N) is 1. The van der Waals surface area contributed by atoms with Crippen molar-refractivity contribution in [3.8, 4) is 5.75 Å². The smallest absolute Gasteiger partial charge is 0.273 e. The number of aromatic hydroxyl groups is 1. The number of amides is 2. The van der Waals surface area contributed by atoms with E-state index in [9.17, 15) is 14.7 Å². The van der Waals surface area contributed by atoms with Gasteiger partial charge in [-0.3, -0.25) is 9.59 Å². The van der Waals surface area contributed by atoms with Crippen molar-refractivity contribution >= 4 is 23.7 Å². The van der Waals surface area contributed by atoms with Crippen LogP contribution in [0.3, 0.4) is 0 Å². The lowest BCUT2D eigenvalue weighted by atomic mass is 10.1. The predicted octanol–water partition coefficient (Wildman–Crippen LogP) is 3.41. The summed E-state index contributed by atoms with van der Waals surface area (Å²) in [6, 6.07) is 21.9. The van der Waals surface area contributed by atoms with Gasteiger partial charge in [-0.05, 0) is 42.0 Å². The molecule has 2 amide bonds. The van der Waals surface area contributed by atoms with Gasteiger partial charge in [0.1, 0.15) is 5.75 Å². The summed E-state index contributed by atoms with van der Waals surface area (Å²) in [6.07, 6.45) is 1.42. The van der Waals surface area contributed by atoms with Crippen LogP contribution in [0.25, 0.3) is 0 Å². The minimum absolute atomic E-state index is 0.110. The number of hydrazone groups is 1. The molecule has 0 aliphatic heterocycles. The second-order valence-electron chi connectivity index (χ2n) is 5.66. The molecule has 0 aliphatic rings. The van der Waals surface area contributed by atoms with Crippen LogP contribution in [-0.4, -0.2) is 23.1 Å². The van der Waals surface area contributed by atoms with Crippen molar-refractivity contribution in [3.05, 3.63) is 95.6 Å². The summed E-state index contributed by atoms with van der Waals surface area (Å²) in [5.41, 5.74) is 4.23. The minimum Gasteiger partial charge on any atom is -0.508 e. The van der Waals surface area contributed by atoms with E-state index in [1.54, 1.807) is 66.7 Å². The van der Waals surface area contributed by atoms with Crippen LogP contribution in [0.15, 0.2) is 84.0 Å². The third kappa shape index (κ3) is 4.79. The van der Waals surface area contributed by atoms with Crippen LogP contribution >= 0.6 is 0 Å². The Balaban J connectivity index is 1.71. The molecule has 0 radical (unpaired) electrons.